The lowest BCUT2D eigenvalue weighted by molar-refractivity contribution is -0.107. The van der Waals surface area contributed by atoms with E-state index in [2.05, 4.69) is 0 Å². The molecule has 0 aliphatic carbocycles. The third kappa shape index (κ3) is 1.90. The van der Waals surface area contributed by atoms with E-state index in [1.807, 2.05) is 6.92 Å². The summed E-state index contributed by atoms with van der Waals surface area (Å²) in [6, 6.07) is 5.15. The SMILES string of the molecule is CCN(C=O)c1ccc(N)c(N)c1. The molecule has 0 aliphatic rings. The van der Waals surface area contributed by atoms with Gasteiger partial charge in [0.2, 0.25) is 6.41 Å². The highest BCUT2D eigenvalue weighted by molar-refractivity contribution is 5.79. The standard InChI is InChI=1S/C9H13N3O/c1-2-12(6-13)7-3-4-8(10)9(11)5-7/h3-6H,2,10-11H2,1H3. The van der Waals surface area contributed by atoms with Crippen molar-refractivity contribution in [3.05, 3.63) is 18.2 Å². The second-order valence-corrected chi connectivity index (χ2v) is 2.70. The van der Waals surface area contributed by atoms with E-state index in [1.54, 1.807) is 23.1 Å². The summed E-state index contributed by atoms with van der Waals surface area (Å²) in [6.45, 7) is 2.51. The second kappa shape index (κ2) is 3.80. The van der Waals surface area contributed by atoms with Crippen LogP contribution in [0.25, 0.3) is 0 Å². The molecule has 4 N–H and O–H groups in total. The Hall–Kier alpha value is -1.71. The molecular weight excluding hydrogens is 166 g/mol. The van der Waals surface area contributed by atoms with Gasteiger partial charge in [-0.3, -0.25) is 4.79 Å². The van der Waals surface area contributed by atoms with E-state index >= 15 is 0 Å². The van der Waals surface area contributed by atoms with Crippen LogP contribution in [0.3, 0.4) is 0 Å². The van der Waals surface area contributed by atoms with Crippen LogP contribution in [0.1, 0.15) is 6.92 Å². The third-order valence-electron chi connectivity index (χ3n) is 1.87. The predicted molar refractivity (Wildman–Crippen MR) is 54.4 cm³/mol. The van der Waals surface area contributed by atoms with Crippen LogP contribution in [0, 0.1) is 0 Å². The lowest BCUT2D eigenvalue weighted by Gasteiger charge is -2.15. The van der Waals surface area contributed by atoms with Crippen molar-refractivity contribution in [2.24, 2.45) is 0 Å². The van der Waals surface area contributed by atoms with Crippen LogP contribution in [0.2, 0.25) is 0 Å². The predicted octanol–water partition coefficient (Wildman–Crippen LogP) is 0.834. The van der Waals surface area contributed by atoms with Crippen LogP contribution in [0.5, 0.6) is 0 Å². The lowest BCUT2D eigenvalue weighted by Crippen LogP contribution is -2.20. The Balaban J connectivity index is 3.01. The number of carbonyl (C=O) groups is 1. The molecule has 0 atom stereocenters. The maximum Gasteiger partial charge on any atom is 0.214 e. The van der Waals surface area contributed by atoms with Crippen LogP contribution < -0.4 is 16.4 Å². The molecule has 1 aromatic rings. The summed E-state index contributed by atoms with van der Waals surface area (Å²) in [6.07, 6.45) is 0.769. The molecule has 0 spiro atoms. The van der Waals surface area contributed by atoms with Crippen molar-refractivity contribution in [1.29, 1.82) is 0 Å². The first-order valence-electron chi connectivity index (χ1n) is 4.06. The third-order valence-corrected chi connectivity index (χ3v) is 1.87. The minimum Gasteiger partial charge on any atom is -0.397 e. The summed E-state index contributed by atoms with van der Waals surface area (Å²) in [5.74, 6) is 0. The molecule has 0 aliphatic heterocycles. The molecule has 4 nitrogen and oxygen atoms in total. The fourth-order valence-corrected chi connectivity index (χ4v) is 1.06. The Morgan fingerprint density at radius 3 is 2.54 bits per heavy atom. The van der Waals surface area contributed by atoms with Crippen molar-refractivity contribution in [3.8, 4) is 0 Å². The summed E-state index contributed by atoms with van der Waals surface area (Å²) in [4.78, 5) is 12.1. The van der Waals surface area contributed by atoms with Crippen LogP contribution in [-0.2, 0) is 4.79 Å². The quantitative estimate of drug-likeness (QED) is 0.533. The van der Waals surface area contributed by atoms with Gasteiger partial charge in [-0.1, -0.05) is 0 Å². The molecule has 1 rings (SSSR count). The Morgan fingerprint density at radius 1 is 1.38 bits per heavy atom. The fraction of sp³-hybridized carbons (Fsp3) is 0.222. The lowest BCUT2D eigenvalue weighted by atomic mass is 10.2. The normalized spacial score (nSPS) is 9.62. The van der Waals surface area contributed by atoms with Crippen molar-refractivity contribution in [2.75, 3.05) is 22.9 Å². The number of nitrogens with two attached hydrogens (primary N) is 2. The van der Waals surface area contributed by atoms with Crippen LogP contribution in [0.15, 0.2) is 18.2 Å². The minimum atomic E-state index is 0.498. The number of hydrogen-bond donors (Lipinski definition) is 2. The van der Waals surface area contributed by atoms with E-state index in [-0.39, 0.29) is 0 Å². The molecular formula is C9H13N3O. The van der Waals surface area contributed by atoms with Crippen molar-refractivity contribution in [3.63, 3.8) is 0 Å². The van der Waals surface area contributed by atoms with E-state index in [4.69, 9.17) is 11.5 Å². The summed E-state index contributed by atoms with van der Waals surface area (Å²) in [7, 11) is 0. The average Bonchev–Trinajstić information content (AvgIpc) is 2.13. The van der Waals surface area contributed by atoms with Gasteiger partial charge in [-0.2, -0.15) is 0 Å². The summed E-state index contributed by atoms with van der Waals surface area (Å²) in [5.41, 5.74) is 12.9. The number of nitrogen functional groups attached to an aromatic ring is 2. The van der Waals surface area contributed by atoms with E-state index < -0.39 is 0 Å². The van der Waals surface area contributed by atoms with Gasteiger partial charge in [0.05, 0.1) is 11.4 Å². The zero-order valence-electron chi connectivity index (χ0n) is 7.53. The van der Waals surface area contributed by atoms with Crippen LogP contribution >= 0.6 is 0 Å². The topological polar surface area (TPSA) is 72.3 Å². The molecule has 0 radical (unpaired) electrons. The highest BCUT2D eigenvalue weighted by Crippen LogP contribution is 2.21. The molecule has 0 fully saturated rings. The molecule has 0 saturated carbocycles. The van der Waals surface area contributed by atoms with Crippen molar-refractivity contribution < 1.29 is 4.79 Å². The van der Waals surface area contributed by atoms with Crippen molar-refractivity contribution >= 4 is 23.5 Å². The van der Waals surface area contributed by atoms with Gasteiger partial charge in [0.1, 0.15) is 0 Å². The van der Waals surface area contributed by atoms with Gasteiger partial charge in [0.15, 0.2) is 0 Å². The number of amides is 1. The zero-order valence-corrected chi connectivity index (χ0v) is 7.53. The number of benzene rings is 1. The van der Waals surface area contributed by atoms with Crippen LogP contribution in [0.4, 0.5) is 17.1 Å². The van der Waals surface area contributed by atoms with E-state index in [0.717, 1.165) is 12.1 Å². The van der Waals surface area contributed by atoms with Gasteiger partial charge in [-0.25, -0.2) is 0 Å². The number of rotatable bonds is 3. The largest absolute Gasteiger partial charge is 0.397 e. The smallest absolute Gasteiger partial charge is 0.214 e. The van der Waals surface area contributed by atoms with Gasteiger partial charge >= 0.3 is 0 Å². The number of anilines is 3. The first-order valence-corrected chi connectivity index (χ1v) is 4.06. The molecule has 4 heteroatoms. The summed E-state index contributed by atoms with van der Waals surface area (Å²) in [5, 5.41) is 0. The zero-order chi connectivity index (χ0) is 9.84. The first-order chi connectivity index (χ1) is 6.19. The summed E-state index contributed by atoms with van der Waals surface area (Å²) < 4.78 is 0. The molecule has 1 aromatic carbocycles. The second-order valence-electron chi connectivity index (χ2n) is 2.70. The van der Waals surface area contributed by atoms with E-state index in [9.17, 15) is 4.79 Å². The molecule has 0 unspecified atom stereocenters. The van der Waals surface area contributed by atoms with E-state index in [1.165, 1.54) is 0 Å². The summed E-state index contributed by atoms with van der Waals surface area (Å²) >= 11 is 0. The first kappa shape index (κ1) is 9.38. The number of nitrogens with zero attached hydrogens (tertiary/aromatic N) is 1. The maximum absolute atomic E-state index is 10.6. The highest BCUT2D eigenvalue weighted by Gasteiger charge is 2.03. The number of carbonyl (C=O) groups excluding carboxylic acids is 1. The van der Waals surface area contributed by atoms with Gasteiger partial charge in [-0.15, -0.1) is 0 Å². The van der Waals surface area contributed by atoms with Gasteiger partial charge < -0.3 is 16.4 Å². The van der Waals surface area contributed by atoms with Gasteiger partial charge in [-0.05, 0) is 25.1 Å². The molecule has 70 valence electrons. The Kier molecular flexibility index (Phi) is 2.74. The van der Waals surface area contributed by atoms with Gasteiger partial charge in [0.25, 0.3) is 0 Å². The van der Waals surface area contributed by atoms with Crippen molar-refractivity contribution in [2.45, 2.75) is 6.92 Å². The Labute approximate surface area is 77.1 Å². The molecule has 0 bridgehead atoms. The molecule has 0 heterocycles. The van der Waals surface area contributed by atoms with Crippen molar-refractivity contribution in [1.82, 2.24) is 0 Å². The number of hydrogen-bond acceptors (Lipinski definition) is 3. The van der Waals surface area contributed by atoms with Crippen LogP contribution in [-0.4, -0.2) is 13.0 Å². The Morgan fingerprint density at radius 2 is 2.08 bits per heavy atom. The monoisotopic (exact) mass is 179 g/mol. The minimum absolute atomic E-state index is 0.498. The van der Waals surface area contributed by atoms with E-state index in [0.29, 0.717) is 17.9 Å². The fourth-order valence-electron chi connectivity index (χ4n) is 1.06. The maximum atomic E-state index is 10.6. The highest BCUT2D eigenvalue weighted by atomic mass is 16.1. The molecule has 13 heavy (non-hydrogen) atoms. The molecule has 1 amide bonds. The molecule has 0 aromatic heterocycles. The Bertz CT molecular complexity index is 312. The average molecular weight is 179 g/mol. The molecule has 0 saturated heterocycles. The van der Waals surface area contributed by atoms with Gasteiger partial charge in [0, 0.05) is 12.2 Å².